The Morgan fingerprint density at radius 3 is 2.72 bits per heavy atom. The van der Waals surface area contributed by atoms with Gasteiger partial charge < -0.3 is 14.9 Å². The van der Waals surface area contributed by atoms with E-state index in [9.17, 15) is 4.79 Å². The second-order valence-electron chi connectivity index (χ2n) is 5.07. The summed E-state index contributed by atoms with van der Waals surface area (Å²) in [4.78, 5) is 15.8. The first-order chi connectivity index (χ1) is 8.56. The molecule has 0 unspecified atom stereocenters. The SMILES string of the molecule is CN1CCC(CN(C)c2ccc(C(=O)O)s2)CC1. The van der Waals surface area contributed by atoms with Crippen LogP contribution in [0, 0.1) is 5.92 Å². The summed E-state index contributed by atoms with van der Waals surface area (Å²) in [6, 6.07) is 3.59. The van der Waals surface area contributed by atoms with Gasteiger partial charge in [-0.15, -0.1) is 11.3 Å². The number of carboxylic acids is 1. The molecule has 0 spiro atoms. The molecule has 0 atom stereocenters. The molecule has 2 heterocycles. The van der Waals surface area contributed by atoms with Crippen LogP contribution >= 0.6 is 11.3 Å². The van der Waals surface area contributed by atoms with Crippen molar-refractivity contribution in [2.45, 2.75) is 12.8 Å². The number of hydrogen-bond donors (Lipinski definition) is 1. The molecule has 0 saturated carbocycles. The van der Waals surface area contributed by atoms with Gasteiger partial charge in [-0.2, -0.15) is 0 Å². The maximum absolute atomic E-state index is 10.8. The molecule has 0 aliphatic carbocycles. The average Bonchev–Trinajstić information content (AvgIpc) is 2.81. The van der Waals surface area contributed by atoms with Gasteiger partial charge in [0.05, 0.1) is 5.00 Å². The number of aromatic carboxylic acids is 1. The lowest BCUT2D eigenvalue weighted by Gasteiger charge is -2.31. The lowest BCUT2D eigenvalue weighted by atomic mass is 9.97. The molecule has 1 saturated heterocycles. The summed E-state index contributed by atoms with van der Waals surface area (Å²) in [6.45, 7) is 3.36. The van der Waals surface area contributed by atoms with Crippen molar-refractivity contribution in [3.8, 4) is 0 Å². The molecule has 4 nitrogen and oxygen atoms in total. The average molecular weight is 268 g/mol. The van der Waals surface area contributed by atoms with E-state index in [0.29, 0.717) is 4.88 Å². The standard InChI is InChI=1S/C13H20N2O2S/c1-14-7-5-10(6-8-14)9-15(2)12-4-3-11(18-12)13(16)17/h3-4,10H,5-9H2,1-2H3,(H,16,17). The molecule has 1 aromatic rings. The maximum atomic E-state index is 10.8. The number of hydrogen-bond acceptors (Lipinski definition) is 4. The summed E-state index contributed by atoms with van der Waals surface area (Å²) in [5.74, 6) is -0.111. The first-order valence-electron chi connectivity index (χ1n) is 6.29. The fourth-order valence-electron chi connectivity index (χ4n) is 2.37. The van der Waals surface area contributed by atoms with Gasteiger partial charge in [0.25, 0.3) is 0 Å². The van der Waals surface area contributed by atoms with Crippen LogP contribution in [0.15, 0.2) is 12.1 Å². The van der Waals surface area contributed by atoms with E-state index in [1.807, 2.05) is 6.07 Å². The van der Waals surface area contributed by atoms with E-state index in [1.54, 1.807) is 6.07 Å². The van der Waals surface area contributed by atoms with E-state index in [0.717, 1.165) is 17.5 Å². The predicted molar refractivity (Wildman–Crippen MR) is 74.8 cm³/mol. The Morgan fingerprint density at radius 1 is 1.50 bits per heavy atom. The van der Waals surface area contributed by atoms with Crippen molar-refractivity contribution in [3.05, 3.63) is 17.0 Å². The fourth-order valence-corrected chi connectivity index (χ4v) is 3.18. The van der Waals surface area contributed by atoms with Crippen LogP contribution in [0.2, 0.25) is 0 Å². The quantitative estimate of drug-likeness (QED) is 0.909. The van der Waals surface area contributed by atoms with Crippen molar-refractivity contribution >= 4 is 22.3 Å². The highest BCUT2D eigenvalue weighted by Gasteiger charge is 2.19. The van der Waals surface area contributed by atoms with Gasteiger partial charge in [-0.3, -0.25) is 0 Å². The normalized spacial score (nSPS) is 17.9. The highest BCUT2D eigenvalue weighted by molar-refractivity contribution is 7.17. The van der Waals surface area contributed by atoms with Crippen molar-refractivity contribution in [3.63, 3.8) is 0 Å². The Morgan fingerprint density at radius 2 is 2.17 bits per heavy atom. The van der Waals surface area contributed by atoms with E-state index in [1.165, 1.54) is 37.3 Å². The van der Waals surface area contributed by atoms with Crippen molar-refractivity contribution < 1.29 is 9.90 Å². The third-order valence-corrected chi connectivity index (χ3v) is 4.74. The Kier molecular flexibility index (Phi) is 4.24. The number of piperidine rings is 1. The van der Waals surface area contributed by atoms with Crippen LogP contribution in [0.25, 0.3) is 0 Å². The van der Waals surface area contributed by atoms with Gasteiger partial charge in [0.2, 0.25) is 0 Å². The van der Waals surface area contributed by atoms with Crippen LogP contribution < -0.4 is 4.90 Å². The number of carbonyl (C=O) groups is 1. The maximum Gasteiger partial charge on any atom is 0.345 e. The zero-order valence-electron chi connectivity index (χ0n) is 10.9. The largest absolute Gasteiger partial charge is 0.477 e. The van der Waals surface area contributed by atoms with E-state index >= 15 is 0 Å². The summed E-state index contributed by atoms with van der Waals surface area (Å²) in [7, 11) is 4.22. The Labute approximate surface area is 112 Å². The van der Waals surface area contributed by atoms with Crippen molar-refractivity contribution in [1.29, 1.82) is 0 Å². The molecule has 1 N–H and O–H groups in total. The second-order valence-corrected chi connectivity index (χ2v) is 6.13. The molecule has 5 heteroatoms. The van der Waals surface area contributed by atoms with E-state index < -0.39 is 5.97 Å². The van der Waals surface area contributed by atoms with Crippen molar-refractivity contribution in [2.24, 2.45) is 5.92 Å². The second kappa shape index (κ2) is 5.71. The predicted octanol–water partition coefficient (Wildman–Crippen LogP) is 2.22. The highest BCUT2D eigenvalue weighted by atomic mass is 32.1. The van der Waals surface area contributed by atoms with Gasteiger partial charge in [-0.1, -0.05) is 0 Å². The molecule has 18 heavy (non-hydrogen) atoms. The number of anilines is 1. The van der Waals surface area contributed by atoms with E-state index in [-0.39, 0.29) is 0 Å². The van der Waals surface area contributed by atoms with Gasteiger partial charge in [-0.25, -0.2) is 4.79 Å². The topological polar surface area (TPSA) is 43.8 Å². The Bertz CT molecular complexity index is 411. The van der Waals surface area contributed by atoms with Crippen LogP contribution in [0.5, 0.6) is 0 Å². The van der Waals surface area contributed by atoms with Crippen molar-refractivity contribution in [1.82, 2.24) is 4.90 Å². The molecule has 1 aliphatic rings. The van der Waals surface area contributed by atoms with Gasteiger partial charge in [0.1, 0.15) is 4.88 Å². The summed E-state index contributed by atoms with van der Waals surface area (Å²) in [6.07, 6.45) is 2.47. The lowest BCUT2D eigenvalue weighted by molar-refractivity contribution is 0.0702. The van der Waals surface area contributed by atoms with Crippen molar-refractivity contribution in [2.75, 3.05) is 38.6 Å². The molecule has 0 amide bonds. The molecule has 100 valence electrons. The third kappa shape index (κ3) is 3.23. The van der Waals surface area contributed by atoms with Crippen LogP contribution in [-0.2, 0) is 0 Å². The monoisotopic (exact) mass is 268 g/mol. The van der Waals surface area contributed by atoms with Gasteiger partial charge >= 0.3 is 5.97 Å². The minimum Gasteiger partial charge on any atom is -0.477 e. The summed E-state index contributed by atoms with van der Waals surface area (Å²) < 4.78 is 0. The first-order valence-corrected chi connectivity index (χ1v) is 7.10. The van der Waals surface area contributed by atoms with Crippen LogP contribution in [0.1, 0.15) is 22.5 Å². The lowest BCUT2D eigenvalue weighted by Crippen LogP contribution is -2.35. The van der Waals surface area contributed by atoms with Gasteiger partial charge in [0, 0.05) is 13.6 Å². The van der Waals surface area contributed by atoms with Crippen LogP contribution in [-0.4, -0.2) is 49.7 Å². The van der Waals surface area contributed by atoms with Crippen LogP contribution in [0.4, 0.5) is 5.00 Å². The van der Waals surface area contributed by atoms with E-state index in [2.05, 4.69) is 23.9 Å². The number of carboxylic acid groups (broad SMARTS) is 1. The Balaban J connectivity index is 1.90. The molecule has 0 radical (unpaired) electrons. The summed E-state index contributed by atoms with van der Waals surface area (Å²) >= 11 is 1.35. The molecule has 0 aromatic carbocycles. The molecule has 0 bridgehead atoms. The minimum atomic E-state index is -0.834. The number of rotatable bonds is 4. The van der Waals surface area contributed by atoms with Gasteiger partial charge in [-0.05, 0) is 51.0 Å². The first kappa shape index (κ1) is 13.4. The molecule has 2 rings (SSSR count). The summed E-state index contributed by atoms with van der Waals surface area (Å²) in [5.41, 5.74) is 0. The molecular weight excluding hydrogens is 248 g/mol. The number of likely N-dealkylation sites (tertiary alicyclic amines) is 1. The summed E-state index contributed by atoms with van der Waals surface area (Å²) in [5, 5.41) is 9.96. The molecule has 1 fully saturated rings. The highest BCUT2D eigenvalue weighted by Crippen LogP contribution is 2.27. The van der Waals surface area contributed by atoms with Crippen LogP contribution in [0.3, 0.4) is 0 Å². The Hall–Kier alpha value is -1.07. The third-order valence-electron chi connectivity index (χ3n) is 3.55. The number of nitrogens with zero attached hydrogens (tertiary/aromatic N) is 2. The molecular formula is C13H20N2O2S. The minimum absolute atomic E-state index is 0.417. The fraction of sp³-hybridized carbons (Fsp3) is 0.615. The number of thiophene rings is 1. The zero-order chi connectivity index (χ0) is 13.1. The smallest absolute Gasteiger partial charge is 0.345 e. The molecule has 1 aliphatic heterocycles. The zero-order valence-corrected chi connectivity index (χ0v) is 11.7. The molecule has 1 aromatic heterocycles. The van der Waals surface area contributed by atoms with Gasteiger partial charge in [0.15, 0.2) is 0 Å². The van der Waals surface area contributed by atoms with E-state index in [4.69, 9.17) is 5.11 Å².